The number of amides is 1. The third-order valence-corrected chi connectivity index (χ3v) is 4.18. The van der Waals surface area contributed by atoms with E-state index in [1.165, 1.54) is 0 Å². The van der Waals surface area contributed by atoms with Gasteiger partial charge in [-0.2, -0.15) is 0 Å². The Morgan fingerprint density at radius 1 is 1.29 bits per heavy atom. The molecule has 2 aliphatic heterocycles. The van der Waals surface area contributed by atoms with E-state index >= 15 is 0 Å². The topological polar surface area (TPSA) is 97.7 Å². The summed E-state index contributed by atoms with van der Waals surface area (Å²) in [5, 5.41) is 0. The number of carbonyl (C=O) groups is 1. The lowest BCUT2D eigenvalue weighted by molar-refractivity contribution is 0.0209. The molecule has 0 saturated carbocycles. The summed E-state index contributed by atoms with van der Waals surface area (Å²) in [4.78, 5) is 20.2. The van der Waals surface area contributed by atoms with Crippen LogP contribution in [0, 0.1) is 0 Å². The molecule has 1 aromatic heterocycles. The summed E-state index contributed by atoms with van der Waals surface area (Å²) in [6, 6.07) is 3.76. The minimum Gasteiger partial charge on any atom is -0.396 e. The molecule has 1 atom stereocenters. The SMILES string of the molecule is NC(=O)c1ccc(N)c(N2CCC(N3CCOCC3)C2)n1. The molecular formula is C14H21N5O2. The molecular weight excluding hydrogens is 270 g/mol. The fourth-order valence-corrected chi connectivity index (χ4v) is 3.02. The minimum atomic E-state index is -0.528. The van der Waals surface area contributed by atoms with E-state index in [1.54, 1.807) is 12.1 Å². The van der Waals surface area contributed by atoms with Crippen LogP contribution in [0.5, 0.6) is 0 Å². The lowest BCUT2D eigenvalue weighted by Gasteiger charge is -2.32. The first-order chi connectivity index (χ1) is 10.1. The van der Waals surface area contributed by atoms with Gasteiger partial charge in [-0.1, -0.05) is 0 Å². The molecule has 0 aliphatic carbocycles. The Kier molecular flexibility index (Phi) is 3.94. The number of aromatic nitrogens is 1. The Hall–Kier alpha value is -1.86. The lowest BCUT2D eigenvalue weighted by atomic mass is 10.2. The van der Waals surface area contributed by atoms with E-state index in [0.717, 1.165) is 45.8 Å². The average molecular weight is 291 g/mol. The van der Waals surface area contributed by atoms with Gasteiger partial charge in [-0.15, -0.1) is 0 Å². The van der Waals surface area contributed by atoms with Crippen molar-refractivity contribution in [3.05, 3.63) is 17.8 Å². The first-order valence-corrected chi connectivity index (χ1v) is 7.28. The second kappa shape index (κ2) is 5.87. The van der Waals surface area contributed by atoms with Gasteiger partial charge in [0.1, 0.15) is 5.69 Å². The van der Waals surface area contributed by atoms with Gasteiger partial charge < -0.3 is 21.1 Å². The van der Waals surface area contributed by atoms with Crippen molar-refractivity contribution in [1.29, 1.82) is 0 Å². The van der Waals surface area contributed by atoms with E-state index in [1.807, 2.05) is 0 Å². The molecule has 0 spiro atoms. The zero-order valence-corrected chi connectivity index (χ0v) is 12.0. The van der Waals surface area contributed by atoms with Crippen LogP contribution >= 0.6 is 0 Å². The number of primary amides is 1. The van der Waals surface area contributed by atoms with E-state index in [4.69, 9.17) is 16.2 Å². The Morgan fingerprint density at radius 2 is 2.05 bits per heavy atom. The highest BCUT2D eigenvalue weighted by molar-refractivity contribution is 5.91. The smallest absolute Gasteiger partial charge is 0.267 e. The summed E-state index contributed by atoms with van der Waals surface area (Å²) in [6.45, 7) is 5.31. The number of ether oxygens (including phenoxy) is 1. The molecule has 0 radical (unpaired) electrons. The summed E-state index contributed by atoms with van der Waals surface area (Å²) >= 11 is 0. The predicted molar refractivity (Wildman–Crippen MR) is 80.2 cm³/mol. The van der Waals surface area contributed by atoms with Crippen molar-refractivity contribution >= 4 is 17.4 Å². The van der Waals surface area contributed by atoms with Gasteiger partial charge in [0.25, 0.3) is 5.91 Å². The molecule has 7 nitrogen and oxygen atoms in total. The number of nitrogens with zero attached hydrogens (tertiary/aromatic N) is 3. The van der Waals surface area contributed by atoms with Crippen molar-refractivity contribution in [2.24, 2.45) is 5.73 Å². The maximum Gasteiger partial charge on any atom is 0.267 e. The Balaban J connectivity index is 1.73. The Morgan fingerprint density at radius 3 is 2.76 bits per heavy atom. The molecule has 1 amide bonds. The molecule has 2 fully saturated rings. The van der Waals surface area contributed by atoms with Crippen LogP contribution in [0.15, 0.2) is 12.1 Å². The number of pyridine rings is 1. The maximum absolute atomic E-state index is 11.3. The van der Waals surface area contributed by atoms with E-state index < -0.39 is 5.91 Å². The van der Waals surface area contributed by atoms with Gasteiger partial charge in [-0.05, 0) is 18.6 Å². The highest BCUT2D eigenvalue weighted by Gasteiger charge is 2.30. The molecule has 0 bridgehead atoms. The Labute approximate surface area is 123 Å². The third-order valence-electron chi connectivity index (χ3n) is 4.18. The van der Waals surface area contributed by atoms with Gasteiger partial charge in [0.05, 0.1) is 18.9 Å². The Bertz CT molecular complexity index is 530. The van der Waals surface area contributed by atoms with Crippen molar-refractivity contribution < 1.29 is 9.53 Å². The predicted octanol–water partition coefficient (Wildman–Crippen LogP) is -0.326. The van der Waals surface area contributed by atoms with Gasteiger partial charge in [-0.25, -0.2) is 4.98 Å². The number of morpholine rings is 1. The van der Waals surface area contributed by atoms with Gasteiger partial charge in [0, 0.05) is 32.2 Å². The summed E-state index contributed by atoms with van der Waals surface area (Å²) in [5.41, 5.74) is 12.1. The van der Waals surface area contributed by atoms with Crippen LogP contribution in [0.1, 0.15) is 16.9 Å². The molecule has 1 aromatic rings. The quantitative estimate of drug-likeness (QED) is 0.791. The molecule has 3 rings (SSSR count). The fourth-order valence-electron chi connectivity index (χ4n) is 3.02. The van der Waals surface area contributed by atoms with Crippen LogP contribution in [0.4, 0.5) is 11.5 Å². The molecule has 1 unspecified atom stereocenters. The number of nitrogens with two attached hydrogens (primary N) is 2. The van der Waals surface area contributed by atoms with Crippen LogP contribution < -0.4 is 16.4 Å². The van der Waals surface area contributed by atoms with E-state index in [2.05, 4.69) is 14.8 Å². The first-order valence-electron chi connectivity index (χ1n) is 7.28. The number of rotatable bonds is 3. The summed E-state index contributed by atoms with van der Waals surface area (Å²) in [5.74, 6) is 0.141. The normalized spacial score (nSPS) is 23.4. The van der Waals surface area contributed by atoms with Gasteiger partial charge in [-0.3, -0.25) is 9.69 Å². The van der Waals surface area contributed by atoms with E-state index in [-0.39, 0.29) is 5.69 Å². The summed E-state index contributed by atoms with van der Waals surface area (Å²) in [7, 11) is 0. The van der Waals surface area contributed by atoms with Gasteiger partial charge in [0.2, 0.25) is 0 Å². The number of nitrogen functional groups attached to an aromatic ring is 1. The molecule has 0 aromatic carbocycles. The van der Waals surface area contributed by atoms with E-state index in [9.17, 15) is 4.79 Å². The lowest BCUT2D eigenvalue weighted by Crippen LogP contribution is -2.44. The average Bonchev–Trinajstić information content (AvgIpc) is 2.98. The number of anilines is 2. The summed E-state index contributed by atoms with van der Waals surface area (Å²) < 4.78 is 5.39. The number of hydrogen-bond acceptors (Lipinski definition) is 6. The highest BCUT2D eigenvalue weighted by Crippen LogP contribution is 2.27. The number of carbonyl (C=O) groups excluding carboxylic acids is 1. The van der Waals surface area contributed by atoms with Crippen molar-refractivity contribution in [2.75, 3.05) is 50.0 Å². The highest BCUT2D eigenvalue weighted by atomic mass is 16.5. The largest absolute Gasteiger partial charge is 0.396 e. The minimum absolute atomic E-state index is 0.258. The van der Waals surface area contributed by atoms with Gasteiger partial charge >= 0.3 is 0 Å². The molecule has 21 heavy (non-hydrogen) atoms. The molecule has 2 aliphatic rings. The summed E-state index contributed by atoms with van der Waals surface area (Å²) in [6.07, 6.45) is 1.07. The van der Waals surface area contributed by atoms with Crippen LogP contribution in [0.3, 0.4) is 0 Å². The third kappa shape index (κ3) is 2.93. The van der Waals surface area contributed by atoms with Crippen LogP contribution in [0.2, 0.25) is 0 Å². The van der Waals surface area contributed by atoms with Crippen LogP contribution in [0.25, 0.3) is 0 Å². The first kappa shape index (κ1) is 14.1. The molecule has 4 N–H and O–H groups in total. The standard InChI is InChI=1S/C14H21N5O2/c15-11-1-2-12(13(16)20)17-14(11)19-4-3-10(9-19)18-5-7-21-8-6-18/h1-2,10H,3-9,15H2,(H2,16,20). The molecule has 2 saturated heterocycles. The second-order valence-electron chi connectivity index (χ2n) is 5.51. The van der Waals surface area contributed by atoms with Crippen molar-refractivity contribution in [2.45, 2.75) is 12.5 Å². The molecule has 7 heteroatoms. The zero-order valence-electron chi connectivity index (χ0n) is 12.0. The fraction of sp³-hybridized carbons (Fsp3) is 0.571. The van der Waals surface area contributed by atoms with Crippen LogP contribution in [-0.4, -0.2) is 61.2 Å². The molecule has 3 heterocycles. The van der Waals surface area contributed by atoms with Crippen molar-refractivity contribution in [3.63, 3.8) is 0 Å². The monoisotopic (exact) mass is 291 g/mol. The zero-order chi connectivity index (χ0) is 14.8. The van der Waals surface area contributed by atoms with Gasteiger partial charge in [0.15, 0.2) is 5.82 Å². The maximum atomic E-state index is 11.3. The molecule has 114 valence electrons. The number of hydrogen-bond donors (Lipinski definition) is 2. The van der Waals surface area contributed by atoms with Crippen molar-refractivity contribution in [1.82, 2.24) is 9.88 Å². The van der Waals surface area contributed by atoms with Crippen LogP contribution in [-0.2, 0) is 4.74 Å². The second-order valence-corrected chi connectivity index (χ2v) is 5.51. The van der Waals surface area contributed by atoms with Crippen molar-refractivity contribution in [3.8, 4) is 0 Å². The van der Waals surface area contributed by atoms with E-state index in [0.29, 0.717) is 17.5 Å².